The highest BCUT2D eigenvalue weighted by atomic mass is 79.9. The first-order chi connectivity index (χ1) is 9.66. The minimum absolute atomic E-state index is 0.0400. The van der Waals surface area contributed by atoms with E-state index >= 15 is 0 Å². The van der Waals surface area contributed by atoms with Gasteiger partial charge in [-0.1, -0.05) is 33.6 Å². The van der Waals surface area contributed by atoms with Crippen molar-refractivity contribution in [3.63, 3.8) is 0 Å². The average Bonchev–Trinajstić information content (AvgIpc) is 2.36. The highest BCUT2D eigenvalue weighted by Gasteiger charge is 2.49. The number of rotatable bonds is 5. The van der Waals surface area contributed by atoms with Gasteiger partial charge >= 0.3 is 5.97 Å². The lowest BCUT2D eigenvalue weighted by Crippen LogP contribution is -2.47. The molecule has 1 aromatic carbocycles. The molecule has 1 atom stereocenters. The molecule has 0 aliphatic heterocycles. The van der Waals surface area contributed by atoms with Crippen LogP contribution in [-0.2, 0) is 23.4 Å². The van der Waals surface area contributed by atoms with Crippen LogP contribution in [0.1, 0.15) is 29.2 Å². The molecule has 0 aliphatic rings. The Bertz CT molecular complexity index is 589. The van der Waals surface area contributed by atoms with Gasteiger partial charge in [-0.3, -0.25) is 9.59 Å². The topological polar surface area (TPSA) is 86.5 Å². The van der Waals surface area contributed by atoms with Crippen molar-refractivity contribution in [3.8, 4) is 0 Å². The van der Waals surface area contributed by atoms with Crippen LogP contribution < -0.4 is 5.73 Å². The van der Waals surface area contributed by atoms with E-state index in [2.05, 4.69) is 15.9 Å². The molecular weight excluding hydrogens is 338 g/mol. The fraction of sp³-hybridized carbons (Fsp3) is 0.400. The third-order valence-electron chi connectivity index (χ3n) is 3.13. The number of benzene rings is 1. The number of carbonyl (C=O) groups is 3. The number of esters is 1. The molecule has 2 N–H and O–H groups in total. The van der Waals surface area contributed by atoms with Crippen molar-refractivity contribution in [3.05, 3.63) is 34.4 Å². The minimum atomic E-state index is -1.92. The number of ether oxygens (including phenoxy) is 1. The first kappa shape index (κ1) is 17.4. The van der Waals surface area contributed by atoms with Gasteiger partial charge in [0, 0.05) is 0 Å². The smallest absolute Gasteiger partial charge is 0.377 e. The summed E-state index contributed by atoms with van der Waals surface area (Å²) in [6, 6.07) is 3.64. The lowest BCUT2D eigenvalue weighted by Gasteiger charge is -2.26. The number of aryl methyl sites for hydroxylation is 3. The van der Waals surface area contributed by atoms with E-state index in [4.69, 9.17) is 10.5 Å². The standard InChI is InChI=1S/C15H18BrNO4/c1-5-21-13(19)12(18)15(16,14(17)20)11-9(3)6-8(2)7-10(11)4/h6-7H,5H2,1-4H3,(H2,17,20). The third kappa shape index (κ3) is 3.15. The number of ketones is 1. The molecule has 114 valence electrons. The number of amides is 1. The van der Waals surface area contributed by atoms with Gasteiger partial charge in [-0.05, 0) is 44.4 Å². The van der Waals surface area contributed by atoms with Crippen LogP contribution in [0.3, 0.4) is 0 Å². The van der Waals surface area contributed by atoms with E-state index < -0.39 is 22.0 Å². The SMILES string of the molecule is CCOC(=O)C(=O)C(Br)(C(N)=O)c1c(C)cc(C)cc1C. The monoisotopic (exact) mass is 355 g/mol. The van der Waals surface area contributed by atoms with Crippen LogP contribution in [0, 0.1) is 20.8 Å². The van der Waals surface area contributed by atoms with E-state index in [9.17, 15) is 14.4 Å². The van der Waals surface area contributed by atoms with Gasteiger partial charge in [-0.2, -0.15) is 0 Å². The average molecular weight is 356 g/mol. The van der Waals surface area contributed by atoms with Crippen LogP contribution in [0.5, 0.6) is 0 Å². The molecule has 1 aromatic rings. The molecule has 1 unspecified atom stereocenters. The van der Waals surface area contributed by atoms with Gasteiger partial charge in [0.1, 0.15) is 0 Å². The van der Waals surface area contributed by atoms with E-state index in [-0.39, 0.29) is 6.61 Å². The van der Waals surface area contributed by atoms with E-state index in [0.717, 1.165) is 5.56 Å². The van der Waals surface area contributed by atoms with Gasteiger partial charge in [0.15, 0.2) is 4.32 Å². The molecule has 1 rings (SSSR count). The summed E-state index contributed by atoms with van der Waals surface area (Å²) in [6.45, 7) is 7.03. The summed E-state index contributed by atoms with van der Waals surface area (Å²) in [7, 11) is 0. The van der Waals surface area contributed by atoms with Gasteiger partial charge in [0.05, 0.1) is 6.61 Å². The Morgan fingerprint density at radius 3 is 2.05 bits per heavy atom. The van der Waals surface area contributed by atoms with E-state index in [1.54, 1.807) is 20.8 Å². The van der Waals surface area contributed by atoms with Crippen molar-refractivity contribution in [1.29, 1.82) is 0 Å². The highest BCUT2D eigenvalue weighted by molar-refractivity contribution is 9.10. The number of hydrogen-bond acceptors (Lipinski definition) is 4. The molecule has 0 saturated heterocycles. The van der Waals surface area contributed by atoms with Gasteiger partial charge in [-0.15, -0.1) is 0 Å². The van der Waals surface area contributed by atoms with Crippen LogP contribution in [0.2, 0.25) is 0 Å². The van der Waals surface area contributed by atoms with Gasteiger partial charge in [0.2, 0.25) is 5.91 Å². The summed E-state index contributed by atoms with van der Waals surface area (Å²) in [5.41, 5.74) is 8.16. The van der Waals surface area contributed by atoms with Crippen molar-refractivity contribution in [2.24, 2.45) is 5.73 Å². The number of halogens is 1. The van der Waals surface area contributed by atoms with E-state index in [1.807, 2.05) is 19.1 Å². The maximum Gasteiger partial charge on any atom is 0.377 e. The summed E-state index contributed by atoms with van der Waals surface area (Å²) in [4.78, 5) is 36.0. The Labute approximate surface area is 132 Å². The van der Waals surface area contributed by atoms with Gasteiger partial charge in [-0.25, -0.2) is 4.79 Å². The molecule has 0 aromatic heterocycles. The van der Waals surface area contributed by atoms with Crippen LogP contribution in [0.4, 0.5) is 0 Å². The first-order valence-corrected chi connectivity index (χ1v) is 7.24. The molecule has 5 nitrogen and oxygen atoms in total. The van der Waals surface area contributed by atoms with Crippen molar-refractivity contribution in [2.45, 2.75) is 32.0 Å². The summed E-state index contributed by atoms with van der Waals surface area (Å²) in [6.07, 6.45) is 0. The van der Waals surface area contributed by atoms with Crippen molar-refractivity contribution in [2.75, 3.05) is 6.61 Å². The fourth-order valence-electron chi connectivity index (χ4n) is 2.41. The highest BCUT2D eigenvalue weighted by Crippen LogP contribution is 2.37. The zero-order valence-corrected chi connectivity index (χ0v) is 14.0. The van der Waals surface area contributed by atoms with Crippen molar-refractivity contribution in [1.82, 2.24) is 0 Å². The van der Waals surface area contributed by atoms with Gasteiger partial charge < -0.3 is 10.5 Å². The Kier molecular flexibility index (Phi) is 5.28. The van der Waals surface area contributed by atoms with Crippen LogP contribution in [0.15, 0.2) is 12.1 Å². The number of hydrogen-bond donors (Lipinski definition) is 1. The second-order valence-electron chi connectivity index (χ2n) is 4.85. The van der Waals surface area contributed by atoms with Crippen molar-refractivity contribution >= 4 is 33.6 Å². The number of nitrogens with two attached hydrogens (primary N) is 1. The maximum atomic E-state index is 12.4. The fourth-order valence-corrected chi connectivity index (χ4v) is 3.20. The Morgan fingerprint density at radius 1 is 1.19 bits per heavy atom. The van der Waals surface area contributed by atoms with E-state index in [0.29, 0.717) is 16.7 Å². The molecule has 21 heavy (non-hydrogen) atoms. The number of primary amides is 1. The maximum absolute atomic E-state index is 12.4. The second kappa shape index (κ2) is 6.39. The van der Waals surface area contributed by atoms with Gasteiger partial charge in [0.25, 0.3) is 5.78 Å². The Morgan fingerprint density at radius 2 is 1.67 bits per heavy atom. The molecule has 0 bridgehead atoms. The second-order valence-corrected chi connectivity index (χ2v) is 6.04. The Balaban J connectivity index is 3.53. The van der Waals surface area contributed by atoms with E-state index in [1.165, 1.54) is 0 Å². The number of Topliss-reactive ketones (excluding diaryl/α,β-unsaturated/α-hetero) is 1. The zero-order valence-electron chi connectivity index (χ0n) is 12.5. The summed E-state index contributed by atoms with van der Waals surface area (Å²) in [5, 5.41) is 0. The normalized spacial score (nSPS) is 13.4. The molecule has 0 radical (unpaired) electrons. The number of alkyl halides is 1. The first-order valence-electron chi connectivity index (χ1n) is 6.44. The zero-order chi connectivity index (χ0) is 16.4. The van der Waals surface area contributed by atoms with Crippen molar-refractivity contribution < 1.29 is 19.1 Å². The Hall–Kier alpha value is -1.69. The third-order valence-corrected chi connectivity index (χ3v) is 4.28. The molecule has 6 heteroatoms. The summed E-state index contributed by atoms with van der Waals surface area (Å²) >= 11 is 3.10. The number of carbonyl (C=O) groups excluding carboxylic acids is 3. The molecule has 0 aliphatic carbocycles. The summed E-state index contributed by atoms with van der Waals surface area (Å²) in [5.74, 6) is -3.06. The quantitative estimate of drug-likeness (QED) is 0.377. The molecule has 0 spiro atoms. The lowest BCUT2D eigenvalue weighted by atomic mass is 9.86. The summed E-state index contributed by atoms with van der Waals surface area (Å²) < 4.78 is 2.78. The molecule has 1 amide bonds. The van der Waals surface area contributed by atoms with Crippen LogP contribution in [-0.4, -0.2) is 24.3 Å². The minimum Gasteiger partial charge on any atom is -0.460 e. The molecule has 0 fully saturated rings. The molecule has 0 heterocycles. The molecular formula is C15H18BrNO4. The predicted octanol–water partition coefficient (Wildman–Crippen LogP) is 1.82. The van der Waals surface area contributed by atoms with Crippen LogP contribution >= 0.6 is 15.9 Å². The molecule has 0 saturated carbocycles. The lowest BCUT2D eigenvalue weighted by molar-refractivity contribution is -0.155. The predicted molar refractivity (Wildman–Crippen MR) is 82.1 cm³/mol. The largest absolute Gasteiger partial charge is 0.460 e. The van der Waals surface area contributed by atoms with Crippen LogP contribution in [0.25, 0.3) is 0 Å².